The van der Waals surface area contributed by atoms with Crippen LogP contribution in [0, 0.1) is 0 Å². The van der Waals surface area contributed by atoms with E-state index in [0.717, 1.165) is 0 Å². The van der Waals surface area contributed by atoms with Gasteiger partial charge in [0.1, 0.15) is 0 Å². The van der Waals surface area contributed by atoms with E-state index in [9.17, 15) is 0 Å². The minimum Gasteiger partial charge on any atom is -0.790 e. The number of nitrogens with zero attached hydrogens (tertiary/aromatic N) is 2. The van der Waals surface area contributed by atoms with E-state index in [-0.39, 0.29) is 0 Å². The van der Waals surface area contributed by atoms with Gasteiger partial charge in [-0.3, -0.25) is 0 Å². The summed E-state index contributed by atoms with van der Waals surface area (Å²) in [5, 5.41) is 0. The van der Waals surface area contributed by atoms with Gasteiger partial charge in [0.2, 0.25) is 0 Å². The van der Waals surface area contributed by atoms with Crippen LogP contribution in [0.3, 0.4) is 0 Å². The third kappa shape index (κ3) is 67.3. The molecule has 0 atom stereocenters. The largest absolute Gasteiger partial charge is 0.790 e. The van der Waals surface area contributed by atoms with E-state index in [1.807, 2.05) is 0 Å². The first-order valence-corrected chi connectivity index (χ1v) is 28.1. The lowest BCUT2D eigenvalue weighted by atomic mass is 10.1. The van der Waals surface area contributed by atoms with Crippen LogP contribution in [0.5, 0.6) is 0 Å². The molecular formula is C52H113N2O4P. The fraction of sp³-hybridized carbons (Fsp3) is 1.00. The maximum atomic E-state index is 8.66. The van der Waals surface area contributed by atoms with Crippen molar-refractivity contribution < 1.29 is 28.2 Å². The maximum absolute atomic E-state index is 8.66. The van der Waals surface area contributed by atoms with Gasteiger partial charge in [-0.15, -0.1) is 0 Å². The Bertz CT molecular complexity index is 702. The molecule has 0 rings (SSSR count). The Morgan fingerprint density at radius 3 is 0.508 bits per heavy atom. The quantitative estimate of drug-likeness (QED) is 0.0376. The van der Waals surface area contributed by atoms with Crippen molar-refractivity contribution in [3.8, 4) is 0 Å². The lowest BCUT2D eigenvalue weighted by molar-refractivity contribution is -0.890. The molecule has 0 aliphatic rings. The highest BCUT2D eigenvalue weighted by Crippen LogP contribution is 2.16. The lowest BCUT2D eigenvalue weighted by Gasteiger charge is -2.30. The van der Waals surface area contributed by atoms with Crippen LogP contribution < -0.4 is 9.79 Å². The zero-order chi connectivity index (χ0) is 44.6. The van der Waals surface area contributed by atoms with Crippen molar-refractivity contribution in [2.75, 3.05) is 54.4 Å². The van der Waals surface area contributed by atoms with Gasteiger partial charge in [0, 0.05) is 0 Å². The predicted molar refractivity (Wildman–Crippen MR) is 261 cm³/mol. The Kier molecular flexibility index (Phi) is 52.6. The first kappa shape index (κ1) is 63.3. The molecule has 1 N–H and O–H groups in total. The highest BCUT2D eigenvalue weighted by molar-refractivity contribution is 7.42. The van der Waals surface area contributed by atoms with Crippen LogP contribution in [-0.4, -0.2) is 68.2 Å². The molecule has 360 valence electrons. The molecule has 0 fully saturated rings. The Balaban J connectivity index is -0.000000951. The molecule has 0 aliphatic heterocycles. The van der Waals surface area contributed by atoms with Crippen molar-refractivity contribution in [1.29, 1.82) is 0 Å². The molecule has 0 aliphatic carbocycles. The number of rotatable bonds is 44. The van der Waals surface area contributed by atoms with Gasteiger partial charge in [0.15, 0.2) is 0 Å². The predicted octanol–water partition coefficient (Wildman–Crippen LogP) is 15.6. The molecule has 0 radical (unpaired) electrons. The number of hydrogen-bond donors (Lipinski definition) is 1. The van der Waals surface area contributed by atoms with Crippen LogP contribution in [0.15, 0.2) is 0 Å². The third-order valence-corrected chi connectivity index (χ3v) is 12.5. The number of quaternary nitrogens is 2. The van der Waals surface area contributed by atoms with Gasteiger partial charge in [0.25, 0.3) is 0 Å². The van der Waals surface area contributed by atoms with Gasteiger partial charge in [0.05, 0.1) is 62.2 Å². The van der Waals surface area contributed by atoms with Gasteiger partial charge in [-0.2, -0.15) is 0 Å². The zero-order valence-electron chi connectivity index (χ0n) is 42.1. The molecule has 59 heavy (non-hydrogen) atoms. The molecule has 0 aromatic heterocycles. The summed E-state index contributed by atoms with van der Waals surface area (Å²) in [4.78, 5) is 24.3. The Hall–Kier alpha value is 0.0300. The molecule has 0 aromatic rings. The molecule has 7 heteroatoms. The first-order chi connectivity index (χ1) is 28.2. The van der Waals surface area contributed by atoms with Crippen LogP contribution in [0.1, 0.15) is 285 Å². The minimum atomic E-state index is -5.14. The number of hydrogen-bond acceptors (Lipinski definition) is 3. The number of unbranched alkanes of at least 4 members (excludes halogenated alkanes) is 36. The smallest absolute Gasteiger partial charge is 0.0782 e. The SMILES string of the molecule is CCCCCCCCCCCC[N+](C)(C)CCCCCCCCCCCC.CCCCCCCCCCCC[N+](C)(C)CCCCCCCCCCCC.O=P([O-])([O-])O. The summed E-state index contributed by atoms with van der Waals surface area (Å²) in [5.41, 5.74) is 0. The topological polar surface area (TPSA) is 83.4 Å². The second kappa shape index (κ2) is 49.1. The highest BCUT2D eigenvalue weighted by Gasteiger charge is 2.14. The van der Waals surface area contributed by atoms with Crippen molar-refractivity contribution in [3.63, 3.8) is 0 Å². The van der Waals surface area contributed by atoms with Gasteiger partial charge in [-0.25, -0.2) is 0 Å². The second-order valence-corrected chi connectivity index (χ2v) is 20.9. The van der Waals surface area contributed by atoms with Gasteiger partial charge in [-0.05, 0) is 51.4 Å². The fourth-order valence-corrected chi connectivity index (χ4v) is 8.33. The van der Waals surface area contributed by atoms with Crippen molar-refractivity contribution in [2.24, 2.45) is 0 Å². The van der Waals surface area contributed by atoms with E-state index >= 15 is 0 Å². The summed E-state index contributed by atoms with van der Waals surface area (Å²) in [5.74, 6) is 0. The molecule has 0 spiro atoms. The Morgan fingerprint density at radius 2 is 0.390 bits per heavy atom. The molecule has 0 saturated heterocycles. The summed E-state index contributed by atoms with van der Waals surface area (Å²) in [6.45, 7) is 14.7. The van der Waals surface area contributed by atoms with E-state index in [2.05, 4.69) is 55.9 Å². The van der Waals surface area contributed by atoms with E-state index in [0.29, 0.717) is 0 Å². The standard InChI is InChI=1S/2C26H56N.H3O4P/c2*1-5-7-9-11-13-15-17-19-21-23-25-27(3,4)26-24-22-20-18-16-14-12-10-8-6-2;1-5(2,3)4/h2*5-26H2,1-4H3;(H3,1,2,3,4)/q2*+1;/p-2. The summed E-state index contributed by atoms with van der Waals surface area (Å²) < 4.78 is 11.1. The first-order valence-electron chi connectivity index (χ1n) is 26.6. The van der Waals surface area contributed by atoms with Gasteiger partial charge in [-0.1, -0.05) is 233 Å². The molecule has 0 unspecified atom stereocenters. The molecular weight excluding hydrogens is 748 g/mol. The average Bonchev–Trinajstić information content (AvgIpc) is 3.17. The van der Waals surface area contributed by atoms with E-state index in [1.165, 1.54) is 292 Å². The molecule has 0 aromatic carbocycles. The number of phosphoric acid groups is 1. The van der Waals surface area contributed by atoms with Crippen molar-refractivity contribution in [1.82, 2.24) is 0 Å². The van der Waals surface area contributed by atoms with Crippen molar-refractivity contribution >= 4 is 7.82 Å². The van der Waals surface area contributed by atoms with Gasteiger partial charge < -0.3 is 28.2 Å². The second-order valence-electron chi connectivity index (χ2n) is 20.0. The highest BCUT2D eigenvalue weighted by atomic mass is 31.2. The summed E-state index contributed by atoms with van der Waals surface area (Å²) in [6.07, 6.45) is 58.0. The van der Waals surface area contributed by atoms with E-state index < -0.39 is 7.82 Å². The van der Waals surface area contributed by atoms with Crippen molar-refractivity contribution in [3.05, 3.63) is 0 Å². The fourth-order valence-electron chi connectivity index (χ4n) is 8.33. The summed E-state index contributed by atoms with van der Waals surface area (Å²) in [6, 6.07) is 0. The van der Waals surface area contributed by atoms with Crippen molar-refractivity contribution in [2.45, 2.75) is 285 Å². The van der Waals surface area contributed by atoms with Crippen LogP contribution in [0.2, 0.25) is 0 Å². The molecule has 0 saturated carbocycles. The van der Waals surface area contributed by atoms with Crippen LogP contribution >= 0.6 is 7.82 Å². The molecule has 0 bridgehead atoms. The van der Waals surface area contributed by atoms with E-state index in [1.54, 1.807) is 0 Å². The normalized spacial score (nSPS) is 12.0. The van der Waals surface area contributed by atoms with Crippen LogP contribution in [-0.2, 0) is 4.57 Å². The molecule has 6 nitrogen and oxygen atoms in total. The lowest BCUT2D eigenvalue weighted by Crippen LogP contribution is -2.41. The molecule has 0 heterocycles. The van der Waals surface area contributed by atoms with E-state index in [4.69, 9.17) is 19.2 Å². The van der Waals surface area contributed by atoms with Gasteiger partial charge >= 0.3 is 0 Å². The Labute approximate surface area is 373 Å². The maximum Gasteiger partial charge on any atom is 0.0782 e. The van der Waals surface area contributed by atoms with Crippen LogP contribution in [0.25, 0.3) is 0 Å². The molecule has 0 amide bonds. The third-order valence-electron chi connectivity index (χ3n) is 12.5. The Morgan fingerprint density at radius 1 is 0.288 bits per heavy atom. The summed E-state index contributed by atoms with van der Waals surface area (Å²) >= 11 is 0. The summed E-state index contributed by atoms with van der Waals surface area (Å²) in [7, 11) is 4.64. The minimum absolute atomic E-state index is 1.24. The van der Waals surface area contributed by atoms with Crippen LogP contribution in [0.4, 0.5) is 0 Å². The zero-order valence-corrected chi connectivity index (χ0v) is 43.0. The average molecular weight is 861 g/mol. The monoisotopic (exact) mass is 861 g/mol.